The Labute approximate surface area is 198 Å². The van der Waals surface area contributed by atoms with Gasteiger partial charge in [-0.25, -0.2) is 8.42 Å². The van der Waals surface area contributed by atoms with E-state index < -0.39 is 9.84 Å². The molecule has 3 aromatic rings. The summed E-state index contributed by atoms with van der Waals surface area (Å²) in [6, 6.07) is 9.42. The van der Waals surface area contributed by atoms with Crippen molar-refractivity contribution in [2.24, 2.45) is 30.7 Å². The Morgan fingerprint density at radius 3 is 2.56 bits per heavy atom. The van der Waals surface area contributed by atoms with Gasteiger partial charge in [0.1, 0.15) is 16.9 Å². The molecule has 0 amide bonds. The van der Waals surface area contributed by atoms with Gasteiger partial charge < -0.3 is 14.3 Å². The van der Waals surface area contributed by atoms with Gasteiger partial charge in [-0.15, -0.1) is 0 Å². The topological polar surface area (TPSA) is 105 Å². The number of hydrogen-bond acceptors (Lipinski definition) is 5. The minimum atomic E-state index is -3.44. The number of fused-ring (bicyclic) bond motifs is 1. The normalized spacial score (nSPS) is 29.9. The Morgan fingerprint density at radius 2 is 1.88 bits per heavy atom. The van der Waals surface area contributed by atoms with E-state index in [9.17, 15) is 18.5 Å². The van der Waals surface area contributed by atoms with Crippen molar-refractivity contribution in [3.63, 3.8) is 0 Å². The van der Waals surface area contributed by atoms with Crippen LogP contribution in [0.25, 0.3) is 22.0 Å². The third kappa shape index (κ3) is 3.21. The number of ether oxygens (including phenoxy) is 1. The van der Waals surface area contributed by atoms with Crippen LogP contribution in [-0.2, 0) is 16.9 Å². The fourth-order valence-electron chi connectivity index (χ4n) is 7.04. The number of pyridine rings is 1. The van der Waals surface area contributed by atoms with Gasteiger partial charge in [-0.1, -0.05) is 0 Å². The van der Waals surface area contributed by atoms with E-state index in [1.54, 1.807) is 37.6 Å². The van der Waals surface area contributed by atoms with Crippen molar-refractivity contribution in [1.82, 2.24) is 9.55 Å². The van der Waals surface area contributed by atoms with Crippen molar-refractivity contribution < 1.29 is 13.2 Å². The summed E-state index contributed by atoms with van der Waals surface area (Å²) < 4.78 is 33.2. The van der Waals surface area contributed by atoms with Crippen LogP contribution in [0, 0.1) is 35.0 Å². The molecule has 176 valence electrons. The largest absolute Gasteiger partial charge is 0.487 e. The molecule has 0 radical (unpaired) electrons. The van der Waals surface area contributed by atoms with Gasteiger partial charge in [-0.3, -0.25) is 4.79 Å². The molecular formula is C26H27N3O4S. The molecule has 8 heteroatoms. The van der Waals surface area contributed by atoms with Gasteiger partial charge in [0.15, 0.2) is 9.84 Å². The SMILES string of the molecule is Cn1cc(-c2cc(S(C)(=O)=O)ccc2OC23CC4CC(C2)C(C#N)C(C4)C3)c2cc[nH]c2c1=O. The molecule has 7 nitrogen and oxygen atoms in total. The van der Waals surface area contributed by atoms with E-state index in [4.69, 9.17) is 4.74 Å². The maximum atomic E-state index is 12.6. The number of nitrogens with one attached hydrogen (secondary N) is 1. The summed E-state index contributed by atoms with van der Waals surface area (Å²) >= 11 is 0. The second-order valence-corrected chi connectivity index (χ2v) is 12.6. The predicted molar refractivity (Wildman–Crippen MR) is 128 cm³/mol. The van der Waals surface area contributed by atoms with Gasteiger partial charge in [0, 0.05) is 42.2 Å². The molecule has 34 heavy (non-hydrogen) atoms. The minimum Gasteiger partial charge on any atom is -0.487 e. The number of nitriles is 1. The Bertz CT molecular complexity index is 1510. The second kappa shape index (κ2) is 7.22. The zero-order valence-electron chi connectivity index (χ0n) is 19.2. The zero-order chi connectivity index (χ0) is 23.8. The second-order valence-electron chi connectivity index (χ2n) is 10.6. The summed E-state index contributed by atoms with van der Waals surface area (Å²) in [6.45, 7) is 0. The number of aryl methyl sites for hydroxylation is 1. The summed E-state index contributed by atoms with van der Waals surface area (Å²) in [4.78, 5) is 15.8. The molecule has 4 aliphatic rings. The summed E-state index contributed by atoms with van der Waals surface area (Å²) in [6.07, 6.45) is 9.56. The molecule has 2 atom stereocenters. The lowest BCUT2D eigenvalue weighted by Crippen LogP contribution is -2.57. The first-order chi connectivity index (χ1) is 16.2. The van der Waals surface area contributed by atoms with Crippen molar-refractivity contribution in [3.8, 4) is 22.9 Å². The van der Waals surface area contributed by atoms with Crippen LogP contribution < -0.4 is 10.3 Å². The van der Waals surface area contributed by atoms with E-state index in [1.807, 2.05) is 6.07 Å². The molecule has 2 heterocycles. The number of benzene rings is 1. The van der Waals surface area contributed by atoms with Crippen LogP contribution in [0.3, 0.4) is 0 Å². The maximum absolute atomic E-state index is 12.6. The van der Waals surface area contributed by atoms with E-state index >= 15 is 0 Å². The highest BCUT2D eigenvalue weighted by Crippen LogP contribution is 2.59. The highest BCUT2D eigenvalue weighted by atomic mass is 32.2. The average Bonchev–Trinajstić information content (AvgIpc) is 3.25. The molecule has 7 rings (SSSR count). The van der Waals surface area contributed by atoms with E-state index in [1.165, 1.54) is 10.8 Å². The molecule has 4 fully saturated rings. The first-order valence-corrected chi connectivity index (χ1v) is 13.7. The molecule has 0 saturated heterocycles. The molecule has 0 spiro atoms. The highest BCUT2D eigenvalue weighted by molar-refractivity contribution is 7.90. The van der Waals surface area contributed by atoms with Crippen molar-refractivity contribution in [3.05, 3.63) is 47.0 Å². The third-order valence-electron chi connectivity index (χ3n) is 8.26. The first-order valence-electron chi connectivity index (χ1n) is 11.8. The van der Waals surface area contributed by atoms with Crippen molar-refractivity contribution in [1.29, 1.82) is 5.26 Å². The predicted octanol–water partition coefficient (Wildman–Crippen LogP) is 4.03. The van der Waals surface area contributed by atoms with Gasteiger partial charge >= 0.3 is 0 Å². The number of aromatic amines is 1. The fraction of sp³-hybridized carbons (Fsp3) is 0.462. The Morgan fingerprint density at radius 1 is 1.15 bits per heavy atom. The number of aromatic nitrogens is 2. The maximum Gasteiger partial charge on any atom is 0.274 e. The number of H-pyrrole nitrogens is 1. The van der Waals surface area contributed by atoms with Crippen LogP contribution in [0.1, 0.15) is 32.1 Å². The summed E-state index contributed by atoms with van der Waals surface area (Å²) in [5.74, 6) is 2.05. The van der Waals surface area contributed by atoms with E-state index in [-0.39, 0.29) is 22.0 Å². The minimum absolute atomic E-state index is 0.114. The Hall–Kier alpha value is -3.05. The quantitative estimate of drug-likeness (QED) is 0.611. The molecule has 1 aromatic carbocycles. The zero-order valence-corrected chi connectivity index (χ0v) is 20.1. The summed E-state index contributed by atoms with van der Waals surface area (Å²) in [5, 5.41) is 10.5. The Kier molecular flexibility index (Phi) is 4.56. The summed E-state index contributed by atoms with van der Waals surface area (Å²) in [7, 11) is -1.75. The van der Waals surface area contributed by atoms with Crippen LogP contribution in [0.15, 0.2) is 46.3 Å². The molecular weight excluding hydrogens is 450 g/mol. The smallest absolute Gasteiger partial charge is 0.274 e. The van der Waals surface area contributed by atoms with Gasteiger partial charge in [0.05, 0.1) is 16.9 Å². The van der Waals surface area contributed by atoms with Crippen molar-refractivity contribution in [2.75, 3.05) is 6.26 Å². The van der Waals surface area contributed by atoms with Crippen molar-refractivity contribution >= 4 is 20.7 Å². The average molecular weight is 478 g/mol. The van der Waals surface area contributed by atoms with Gasteiger partial charge in [-0.05, 0) is 74.1 Å². The van der Waals surface area contributed by atoms with Crippen LogP contribution in [0.4, 0.5) is 0 Å². The van der Waals surface area contributed by atoms with E-state index in [0.29, 0.717) is 34.6 Å². The lowest BCUT2D eigenvalue weighted by molar-refractivity contribution is -0.124. The molecule has 2 unspecified atom stereocenters. The molecule has 1 N–H and O–H groups in total. The van der Waals surface area contributed by atoms with Crippen LogP contribution in [0.5, 0.6) is 5.75 Å². The van der Waals surface area contributed by atoms with Crippen molar-refractivity contribution in [2.45, 2.75) is 42.6 Å². The van der Waals surface area contributed by atoms with Gasteiger partial charge in [0.2, 0.25) is 0 Å². The fourth-order valence-corrected chi connectivity index (χ4v) is 7.69. The number of rotatable bonds is 4. The lowest BCUT2D eigenvalue weighted by atomic mass is 9.50. The number of hydrogen-bond donors (Lipinski definition) is 1. The monoisotopic (exact) mass is 477 g/mol. The number of nitrogens with zero attached hydrogens (tertiary/aromatic N) is 2. The van der Waals surface area contributed by atoms with Crippen LogP contribution >= 0.6 is 0 Å². The van der Waals surface area contributed by atoms with Crippen LogP contribution in [0.2, 0.25) is 0 Å². The van der Waals surface area contributed by atoms with E-state index in [0.717, 1.165) is 43.1 Å². The molecule has 4 aliphatic carbocycles. The summed E-state index contributed by atoms with van der Waals surface area (Å²) in [5.41, 5.74) is 1.41. The first kappa shape index (κ1) is 21.5. The van der Waals surface area contributed by atoms with Gasteiger partial charge in [-0.2, -0.15) is 5.26 Å². The van der Waals surface area contributed by atoms with E-state index in [2.05, 4.69) is 11.1 Å². The molecule has 4 bridgehead atoms. The third-order valence-corrected chi connectivity index (χ3v) is 9.37. The van der Waals surface area contributed by atoms with Crippen LogP contribution in [-0.4, -0.2) is 29.8 Å². The molecule has 4 saturated carbocycles. The van der Waals surface area contributed by atoms with Gasteiger partial charge in [0.25, 0.3) is 5.56 Å². The highest BCUT2D eigenvalue weighted by Gasteiger charge is 2.57. The number of sulfone groups is 1. The Balaban J connectivity index is 1.50. The lowest BCUT2D eigenvalue weighted by Gasteiger charge is -2.58. The standard InChI is InChI=1S/C26H27N3O4S/c1-29-14-22(19-5-6-28-24(19)25(29)30)20-9-18(34(2,31)32)3-4-23(20)33-26-10-15-7-16(11-26)21(13-27)17(8-15)12-26/h3-6,9,14-17,21,28H,7-8,10-12H2,1-2H3. The molecule has 0 aliphatic heterocycles. The molecule has 2 aromatic heterocycles.